The van der Waals surface area contributed by atoms with Crippen LogP contribution in [-0.4, -0.2) is 29.4 Å². The van der Waals surface area contributed by atoms with Gasteiger partial charge in [0.05, 0.1) is 17.2 Å². The first-order chi connectivity index (χ1) is 13.6. The van der Waals surface area contributed by atoms with Crippen molar-refractivity contribution in [3.63, 3.8) is 0 Å². The predicted molar refractivity (Wildman–Crippen MR) is 111 cm³/mol. The lowest BCUT2D eigenvalue weighted by atomic mass is 10.1. The van der Waals surface area contributed by atoms with Gasteiger partial charge < -0.3 is 5.32 Å². The number of hydrogen-bond donors (Lipinski definition) is 1. The van der Waals surface area contributed by atoms with E-state index in [1.807, 2.05) is 48.9 Å². The number of nitro benzene ring substituents is 1. The maximum absolute atomic E-state index is 11.9. The highest BCUT2D eigenvalue weighted by Gasteiger charge is 2.25. The lowest BCUT2D eigenvalue weighted by molar-refractivity contribution is -0.386. The fourth-order valence-corrected chi connectivity index (χ4v) is 4.06. The molecule has 9 heteroatoms. The molecule has 0 saturated carbocycles. The zero-order valence-corrected chi connectivity index (χ0v) is 17.2. The molecule has 1 aromatic heterocycles. The third-order valence-electron chi connectivity index (χ3n) is 4.49. The van der Waals surface area contributed by atoms with Gasteiger partial charge >= 0.3 is 5.69 Å². The normalized spacial score (nSPS) is 11.4. The molecule has 29 heavy (non-hydrogen) atoms. The number of para-hydroxylation sites is 1. The quantitative estimate of drug-likeness (QED) is 0.469. The number of nitrogens with zero attached hydrogens (tertiary/aromatic N) is 3. The first kappa shape index (κ1) is 20.5. The molecule has 1 N–H and O–H groups in total. The second-order valence-electron chi connectivity index (χ2n) is 6.94. The van der Waals surface area contributed by atoms with Crippen molar-refractivity contribution in [2.45, 2.75) is 31.8 Å². The summed E-state index contributed by atoms with van der Waals surface area (Å²) in [7, 11) is -3.72. The van der Waals surface area contributed by atoms with Gasteiger partial charge in [0, 0.05) is 18.5 Å². The minimum absolute atomic E-state index is 0.168. The number of nitro groups is 1. The van der Waals surface area contributed by atoms with Crippen molar-refractivity contribution >= 4 is 21.2 Å². The van der Waals surface area contributed by atoms with E-state index in [0.29, 0.717) is 13.1 Å². The first-order valence-electron chi connectivity index (χ1n) is 8.95. The van der Waals surface area contributed by atoms with Crippen LogP contribution in [-0.2, 0) is 22.9 Å². The molecule has 0 unspecified atom stereocenters. The van der Waals surface area contributed by atoms with Crippen LogP contribution in [0.3, 0.4) is 0 Å². The minimum Gasteiger partial charge on any atom is -0.375 e. The molecule has 0 spiro atoms. The molecule has 2 aromatic carbocycles. The van der Waals surface area contributed by atoms with Gasteiger partial charge in [-0.1, -0.05) is 30.3 Å². The summed E-state index contributed by atoms with van der Waals surface area (Å²) in [5.74, 6) is 0. The molecular weight excluding hydrogens is 392 g/mol. The molecule has 0 fully saturated rings. The van der Waals surface area contributed by atoms with Gasteiger partial charge in [-0.15, -0.1) is 0 Å². The molecular formula is C20H22N4O4S. The van der Waals surface area contributed by atoms with Crippen LogP contribution in [0.1, 0.15) is 22.5 Å². The van der Waals surface area contributed by atoms with Gasteiger partial charge in [-0.3, -0.25) is 14.8 Å². The molecule has 0 bridgehead atoms. The summed E-state index contributed by atoms with van der Waals surface area (Å²) in [6.45, 7) is 4.89. The second-order valence-corrected chi connectivity index (χ2v) is 8.92. The van der Waals surface area contributed by atoms with Crippen molar-refractivity contribution < 1.29 is 13.3 Å². The average molecular weight is 414 g/mol. The van der Waals surface area contributed by atoms with Crippen molar-refractivity contribution in [2.75, 3.05) is 11.6 Å². The highest BCUT2D eigenvalue weighted by Crippen LogP contribution is 2.32. The van der Waals surface area contributed by atoms with E-state index in [1.165, 1.54) is 18.2 Å². The van der Waals surface area contributed by atoms with Crippen molar-refractivity contribution in [2.24, 2.45) is 0 Å². The summed E-state index contributed by atoms with van der Waals surface area (Å²) in [4.78, 5) is 10.5. The van der Waals surface area contributed by atoms with E-state index in [0.717, 1.165) is 28.8 Å². The Balaban J connectivity index is 1.82. The Morgan fingerprint density at radius 1 is 1.10 bits per heavy atom. The van der Waals surface area contributed by atoms with Gasteiger partial charge in [0.25, 0.3) is 0 Å². The fraction of sp³-hybridized carbons (Fsp3) is 0.250. The van der Waals surface area contributed by atoms with Gasteiger partial charge in [0.1, 0.15) is 10.6 Å². The zero-order valence-electron chi connectivity index (χ0n) is 16.4. The second kappa shape index (κ2) is 8.04. The van der Waals surface area contributed by atoms with Crippen LogP contribution in [0.2, 0.25) is 0 Å². The van der Waals surface area contributed by atoms with Crippen LogP contribution in [0.25, 0.3) is 0 Å². The lowest BCUT2D eigenvalue weighted by Gasteiger charge is -2.11. The van der Waals surface area contributed by atoms with Crippen LogP contribution < -0.4 is 5.32 Å². The number of aryl methyl sites for hydroxylation is 2. The standard InChI is InChI=1S/C20H22N4O4S/c1-14-10-15(2)23(22-14)13-17-7-4-6-16(11-17)12-21-18-8-5-9-19(29(3,27)28)20(18)24(25)26/h4-11,21H,12-13H2,1-3H3. The van der Waals surface area contributed by atoms with Crippen LogP contribution in [0, 0.1) is 24.0 Å². The number of benzene rings is 2. The molecule has 3 rings (SSSR count). The summed E-state index contributed by atoms with van der Waals surface area (Å²) in [5, 5.41) is 18.9. The number of aromatic nitrogens is 2. The molecule has 1 heterocycles. The van der Waals surface area contributed by atoms with Gasteiger partial charge in [0.2, 0.25) is 0 Å². The average Bonchev–Trinajstić information content (AvgIpc) is 2.96. The van der Waals surface area contributed by atoms with Gasteiger partial charge in [0.15, 0.2) is 9.84 Å². The molecule has 0 amide bonds. The molecule has 152 valence electrons. The maximum atomic E-state index is 11.9. The summed E-state index contributed by atoms with van der Waals surface area (Å²) in [6, 6.07) is 14.1. The highest BCUT2D eigenvalue weighted by atomic mass is 32.2. The van der Waals surface area contributed by atoms with Gasteiger partial charge in [-0.25, -0.2) is 8.42 Å². The number of hydrogen-bond acceptors (Lipinski definition) is 6. The van der Waals surface area contributed by atoms with Gasteiger partial charge in [-0.2, -0.15) is 5.10 Å². The van der Waals surface area contributed by atoms with Crippen molar-refractivity contribution in [1.29, 1.82) is 0 Å². The molecule has 0 atom stereocenters. The maximum Gasteiger partial charge on any atom is 0.310 e. The smallest absolute Gasteiger partial charge is 0.310 e. The van der Waals surface area contributed by atoms with E-state index in [9.17, 15) is 18.5 Å². The topological polar surface area (TPSA) is 107 Å². The van der Waals surface area contributed by atoms with Crippen molar-refractivity contribution in [3.05, 3.63) is 81.2 Å². The van der Waals surface area contributed by atoms with Crippen LogP contribution in [0.5, 0.6) is 0 Å². The fourth-order valence-electron chi connectivity index (χ4n) is 3.20. The van der Waals surface area contributed by atoms with E-state index in [2.05, 4.69) is 10.4 Å². The zero-order chi connectivity index (χ0) is 21.2. The van der Waals surface area contributed by atoms with Crippen LogP contribution in [0.15, 0.2) is 53.4 Å². The Morgan fingerprint density at radius 3 is 2.41 bits per heavy atom. The Hall–Kier alpha value is -3.20. The third-order valence-corrected chi connectivity index (χ3v) is 5.62. The summed E-state index contributed by atoms with van der Waals surface area (Å²) >= 11 is 0. The van der Waals surface area contributed by atoms with Crippen LogP contribution >= 0.6 is 0 Å². The van der Waals surface area contributed by atoms with Crippen LogP contribution in [0.4, 0.5) is 11.4 Å². The Kier molecular flexibility index (Phi) is 5.69. The van der Waals surface area contributed by atoms with Crippen molar-refractivity contribution in [3.8, 4) is 0 Å². The lowest BCUT2D eigenvalue weighted by Crippen LogP contribution is -2.08. The molecule has 0 aliphatic carbocycles. The Labute approximate surface area is 169 Å². The SMILES string of the molecule is Cc1cc(C)n(Cc2cccc(CNc3cccc(S(C)(=O)=O)c3[N+](=O)[O-])c2)n1. The molecule has 0 aliphatic rings. The molecule has 0 saturated heterocycles. The van der Waals surface area contributed by atoms with E-state index in [4.69, 9.17) is 0 Å². The Morgan fingerprint density at radius 2 is 1.79 bits per heavy atom. The number of rotatable bonds is 7. The largest absolute Gasteiger partial charge is 0.375 e. The van der Waals surface area contributed by atoms with E-state index < -0.39 is 20.4 Å². The minimum atomic E-state index is -3.72. The highest BCUT2D eigenvalue weighted by molar-refractivity contribution is 7.90. The summed E-state index contributed by atoms with van der Waals surface area (Å²) in [5.41, 5.74) is 3.73. The van der Waals surface area contributed by atoms with Gasteiger partial charge in [-0.05, 0) is 43.2 Å². The van der Waals surface area contributed by atoms with E-state index in [1.54, 1.807) is 0 Å². The number of anilines is 1. The van der Waals surface area contributed by atoms with Crippen molar-refractivity contribution in [1.82, 2.24) is 9.78 Å². The molecule has 3 aromatic rings. The summed E-state index contributed by atoms with van der Waals surface area (Å²) < 4.78 is 25.7. The van der Waals surface area contributed by atoms with E-state index in [-0.39, 0.29) is 10.6 Å². The summed E-state index contributed by atoms with van der Waals surface area (Å²) in [6.07, 6.45) is 0.960. The number of nitrogens with one attached hydrogen (secondary N) is 1. The monoisotopic (exact) mass is 414 g/mol. The molecule has 0 aliphatic heterocycles. The first-order valence-corrected chi connectivity index (χ1v) is 10.8. The number of sulfone groups is 1. The Bertz CT molecular complexity index is 1170. The molecule has 0 radical (unpaired) electrons. The van der Waals surface area contributed by atoms with E-state index >= 15 is 0 Å². The molecule has 8 nitrogen and oxygen atoms in total. The predicted octanol–water partition coefficient (Wildman–Crippen LogP) is 3.47. The third kappa shape index (κ3) is 4.80.